The first-order chi connectivity index (χ1) is 26.7. The van der Waals surface area contributed by atoms with Gasteiger partial charge < -0.3 is 0 Å². The maximum atomic E-state index is 2.54. The van der Waals surface area contributed by atoms with Crippen LogP contribution in [0.2, 0.25) is 0 Å². The maximum absolute atomic E-state index is 2.54. The quantitative estimate of drug-likeness (QED) is 0.163. The summed E-state index contributed by atoms with van der Waals surface area (Å²) in [5.74, 6) is 0. The Hall–Kier alpha value is -6.24. The molecule has 0 aliphatic heterocycles. The highest BCUT2D eigenvalue weighted by molar-refractivity contribution is 5.87. The second-order valence-corrected chi connectivity index (χ2v) is 15.2. The lowest BCUT2D eigenvalue weighted by molar-refractivity contribution is 0.353. The lowest BCUT2D eigenvalue weighted by Crippen LogP contribution is -2.28. The molecule has 258 valence electrons. The minimum absolute atomic E-state index is 0.0602. The van der Waals surface area contributed by atoms with E-state index in [0.29, 0.717) is 0 Å². The molecule has 0 N–H and O–H groups in total. The van der Waals surface area contributed by atoms with Crippen LogP contribution >= 0.6 is 0 Å². The van der Waals surface area contributed by atoms with E-state index in [1.807, 2.05) is 0 Å². The van der Waals surface area contributed by atoms with Crippen LogP contribution in [0.15, 0.2) is 194 Å². The summed E-state index contributed by atoms with van der Waals surface area (Å²) in [6.07, 6.45) is 6.29. The molecule has 10 rings (SSSR count). The van der Waals surface area contributed by atoms with Gasteiger partial charge in [0.15, 0.2) is 0 Å². The van der Waals surface area contributed by atoms with E-state index >= 15 is 0 Å². The molecule has 1 saturated carbocycles. The van der Waals surface area contributed by atoms with Crippen LogP contribution in [0.5, 0.6) is 0 Å². The fraction of sp³-hybridized carbons (Fsp3) is 0.111. The van der Waals surface area contributed by atoms with Crippen molar-refractivity contribution in [2.75, 3.05) is 0 Å². The Morgan fingerprint density at radius 1 is 0.241 bits per heavy atom. The van der Waals surface area contributed by atoms with Crippen LogP contribution in [0.4, 0.5) is 0 Å². The molecule has 54 heavy (non-hydrogen) atoms. The van der Waals surface area contributed by atoms with Crippen molar-refractivity contribution < 1.29 is 0 Å². The Balaban J connectivity index is 0.974. The Morgan fingerprint density at radius 2 is 0.537 bits per heavy atom. The van der Waals surface area contributed by atoms with Gasteiger partial charge in [-0.05, 0) is 126 Å². The molecule has 0 heterocycles. The lowest BCUT2D eigenvalue weighted by atomic mass is 9.67. The molecule has 0 heteroatoms. The summed E-state index contributed by atoms with van der Waals surface area (Å²) >= 11 is 0. The number of benzene rings is 8. The van der Waals surface area contributed by atoms with Gasteiger partial charge in [-0.2, -0.15) is 0 Å². The van der Waals surface area contributed by atoms with Crippen molar-refractivity contribution >= 4 is 0 Å². The standard InChI is InChI=1S/C54H42/c1-4-12-38(13-5-1)40-20-24-42(25-21-40)44-16-10-18-46(34-44)48-28-30-50-51-31-29-49(37-53(51)54(52(50)36-48)32-8-3-9-33-54)47-19-11-17-45(35-47)43-26-22-41(23-27-43)39-14-6-2-7-15-39/h1-2,4-7,10-31,34-37H,3,8-9,32-33H2. The molecular weight excluding hydrogens is 649 g/mol. The number of hydrogen-bond acceptors (Lipinski definition) is 0. The first-order valence-electron chi connectivity index (χ1n) is 19.5. The monoisotopic (exact) mass is 690 g/mol. The maximum Gasteiger partial charge on any atom is 0.0215 e. The molecule has 1 fully saturated rings. The zero-order valence-corrected chi connectivity index (χ0v) is 30.5. The molecule has 8 aromatic rings. The van der Waals surface area contributed by atoms with Gasteiger partial charge in [0.1, 0.15) is 0 Å². The van der Waals surface area contributed by atoms with Crippen molar-refractivity contribution in [2.45, 2.75) is 37.5 Å². The SMILES string of the molecule is c1ccc(-c2ccc(-c3cccc(-c4ccc5c(c4)C4(CCCCC4)c4cc(-c6cccc(-c7ccc(-c8ccccc8)cc7)c6)ccc4-5)c3)cc2)cc1. The van der Waals surface area contributed by atoms with Crippen LogP contribution in [0.25, 0.3) is 77.9 Å². The summed E-state index contributed by atoms with van der Waals surface area (Å²) in [5, 5.41) is 0. The molecule has 0 atom stereocenters. The molecule has 8 aromatic carbocycles. The van der Waals surface area contributed by atoms with Crippen LogP contribution in [-0.4, -0.2) is 0 Å². The minimum Gasteiger partial charge on any atom is -0.0622 e. The predicted molar refractivity (Wildman–Crippen MR) is 228 cm³/mol. The second-order valence-electron chi connectivity index (χ2n) is 15.2. The van der Waals surface area contributed by atoms with Gasteiger partial charge in [0.25, 0.3) is 0 Å². The highest BCUT2D eigenvalue weighted by atomic mass is 14.5. The van der Waals surface area contributed by atoms with Crippen LogP contribution in [0, 0.1) is 0 Å². The highest BCUT2D eigenvalue weighted by Gasteiger charge is 2.44. The van der Waals surface area contributed by atoms with Crippen molar-refractivity contribution in [1.29, 1.82) is 0 Å². The summed E-state index contributed by atoms with van der Waals surface area (Å²) in [4.78, 5) is 0. The number of hydrogen-bond donors (Lipinski definition) is 0. The summed E-state index contributed by atoms with van der Waals surface area (Å²) in [7, 11) is 0. The highest BCUT2D eigenvalue weighted by Crippen LogP contribution is 2.57. The van der Waals surface area contributed by atoms with Crippen molar-refractivity contribution in [3.8, 4) is 77.9 Å². The third kappa shape index (κ3) is 5.80. The zero-order valence-electron chi connectivity index (χ0n) is 30.5. The van der Waals surface area contributed by atoms with Gasteiger partial charge in [0.2, 0.25) is 0 Å². The molecule has 0 saturated heterocycles. The first-order valence-corrected chi connectivity index (χ1v) is 19.5. The molecular formula is C54H42. The average Bonchev–Trinajstić information content (AvgIpc) is 3.52. The Kier molecular flexibility index (Phi) is 8.18. The van der Waals surface area contributed by atoms with Crippen LogP contribution < -0.4 is 0 Å². The molecule has 0 amide bonds. The van der Waals surface area contributed by atoms with E-state index in [4.69, 9.17) is 0 Å². The lowest BCUT2D eigenvalue weighted by Gasteiger charge is -2.36. The van der Waals surface area contributed by atoms with Crippen LogP contribution in [-0.2, 0) is 5.41 Å². The van der Waals surface area contributed by atoms with Crippen LogP contribution in [0.1, 0.15) is 43.2 Å². The topological polar surface area (TPSA) is 0 Å². The molecule has 0 nitrogen and oxygen atoms in total. The molecule has 2 aliphatic rings. The molecule has 0 unspecified atom stereocenters. The van der Waals surface area contributed by atoms with E-state index in [-0.39, 0.29) is 5.41 Å². The molecule has 2 aliphatic carbocycles. The first kappa shape index (κ1) is 32.4. The van der Waals surface area contributed by atoms with Gasteiger partial charge in [0, 0.05) is 5.41 Å². The van der Waals surface area contributed by atoms with Gasteiger partial charge in [-0.25, -0.2) is 0 Å². The normalized spacial score (nSPS) is 14.1. The summed E-state index contributed by atoms with van der Waals surface area (Å²) in [5.41, 5.74) is 21.1. The molecule has 0 bridgehead atoms. The third-order valence-corrected chi connectivity index (χ3v) is 12.1. The number of rotatable bonds is 6. The van der Waals surface area contributed by atoms with Gasteiger partial charge in [-0.15, -0.1) is 0 Å². The Morgan fingerprint density at radius 3 is 0.944 bits per heavy atom. The molecule has 0 radical (unpaired) electrons. The second kappa shape index (κ2) is 13.6. The molecule has 1 spiro atoms. The van der Waals surface area contributed by atoms with E-state index in [9.17, 15) is 0 Å². The largest absolute Gasteiger partial charge is 0.0622 e. The van der Waals surface area contributed by atoms with Crippen molar-refractivity contribution in [3.63, 3.8) is 0 Å². The van der Waals surface area contributed by atoms with Crippen molar-refractivity contribution in [1.82, 2.24) is 0 Å². The fourth-order valence-corrected chi connectivity index (χ4v) is 9.28. The van der Waals surface area contributed by atoms with Gasteiger partial charge in [0.05, 0.1) is 0 Å². The minimum atomic E-state index is 0.0602. The Bertz CT molecular complexity index is 2410. The smallest absolute Gasteiger partial charge is 0.0215 e. The molecule has 0 aromatic heterocycles. The van der Waals surface area contributed by atoms with Gasteiger partial charge >= 0.3 is 0 Å². The number of fused-ring (bicyclic) bond motifs is 5. The third-order valence-electron chi connectivity index (χ3n) is 12.1. The Labute approximate surface area is 319 Å². The van der Waals surface area contributed by atoms with Crippen LogP contribution in [0.3, 0.4) is 0 Å². The van der Waals surface area contributed by atoms with E-state index in [2.05, 4.69) is 194 Å². The summed E-state index contributed by atoms with van der Waals surface area (Å²) in [6.45, 7) is 0. The zero-order chi connectivity index (χ0) is 35.9. The van der Waals surface area contributed by atoms with E-state index in [0.717, 1.165) is 0 Å². The summed E-state index contributed by atoms with van der Waals surface area (Å²) < 4.78 is 0. The van der Waals surface area contributed by atoms with Gasteiger partial charge in [-0.1, -0.05) is 189 Å². The average molecular weight is 691 g/mol. The predicted octanol–water partition coefficient (Wildman–Crippen LogP) is 14.9. The van der Waals surface area contributed by atoms with E-state index in [1.165, 1.54) is 121 Å². The van der Waals surface area contributed by atoms with E-state index < -0.39 is 0 Å². The van der Waals surface area contributed by atoms with Crippen molar-refractivity contribution in [3.05, 3.63) is 205 Å². The fourth-order valence-electron chi connectivity index (χ4n) is 9.28. The van der Waals surface area contributed by atoms with E-state index in [1.54, 1.807) is 0 Å². The summed E-state index contributed by atoms with van der Waals surface area (Å²) in [6, 6.07) is 72.0. The van der Waals surface area contributed by atoms with Gasteiger partial charge in [-0.3, -0.25) is 0 Å². The van der Waals surface area contributed by atoms with Crippen molar-refractivity contribution in [2.24, 2.45) is 0 Å².